The van der Waals surface area contributed by atoms with Crippen LogP contribution in [0.2, 0.25) is 0 Å². The molecule has 1 atom stereocenters. The monoisotopic (exact) mass is 383 g/mol. The predicted octanol–water partition coefficient (Wildman–Crippen LogP) is 5.13. The molecule has 4 nitrogen and oxygen atoms in total. The van der Waals surface area contributed by atoms with Crippen molar-refractivity contribution in [3.8, 4) is 11.1 Å². The fourth-order valence-electron chi connectivity index (χ4n) is 3.46. The van der Waals surface area contributed by atoms with E-state index >= 15 is 0 Å². The van der Waals surface area contributed by atoms with Crippen molar-refractivity contribution in [2.75, 3.05) is 6.54 Å². The van der Waals surface area contributed by atoms with Gasteiger partial charge in [-0.25, -0.2) is 4.98 Å². The van der Waals surface area contributed by atoms with E-state index in [1.165, 1.54) is 5.56 Å². The molecule has 0 saturated carbocycles. The van der Waals surface area contributed by atoms with E-state index in [2.05, 4.69) is 75.7 Å². The van der Waals surface area contributed by atoms with Gasteiger partial charge < -0.3 is 4.98 Å². The summed E-state index contributed by atoms with van der Waals surface area (Å²) in [5.74, 6) is 1.30. The molecule has 144 valence electrons. The van der Waals surface area contributed by atoms with Gasteiger partial charge in [0.1, 0.15) is 10.7 Å². The highest BCUT2D eigenvalue weighted by Gasteiger charge is 2.20. The van der Waals surface area contributed by atoms with Crippen LogP contribution in [0.5, 0.6) is 0 Å². The second kappa shape index (κ2) is 7.95. The number of aromatic amines is 1. The van der Waals surface area contributed by atoms with Crippen LogP contribution in [-0.2, 0) is 6.54 Å². The minimum atomic E-state index is -0.0387. The maximum Gasteiger partial charge on any atom is 0.260 e. The molecule has 2 heterocycles. The van der Waals surface area contributed by atoms with Gasteiger partial charge in [0.15, 0.2) is 0 Å². The molecular weight excluding hydrogens is 354 g/mol. The predicted molar refractivity (Wildman–Crippen MR) is 116 cm³/mol. The standard InChI is InChI=1S/C22H29N3OS/c1-7-25(15(5)13(2)3)12-18-23-21(26)20-19(16(6)27-22(20)24-18)17-10-8-14(4)9-11-17/h8-11,13,15H,7,12H2,1-6H3,(H,23,24,26). The number of aryl methyl sites for hydroxylation is 2. The summed E-state index contributed by atoms with van der Waals surface area (Å²) in [5, 5.41) is 0.713. The fourth-order valence-corrected chi connectivity index (χ4v) is 4.53. The molecule has 0 radical (unpaired) electrons. The van der Waals surface area contributed by atoms with Crippen molar-refractivity contribution in [2.24, 2.45) is 5.92 Å². The third-order valence-corrected chi connectivity index (χ3v) is 6.43. The third-order valence-electron chi connectivity index (χ3n) is 5.43. The maximum absolute atomic E-state index is 12.9. The SMILES string of the molecule is CCN(Cc1nc2sc(C)c(-c3ccc(C)cc3)c2c(=O)[nH]1)C(C)C(C)C. The Morgan fingerprint density at radius 2 is 1.81 bits per heavy atom. The van der Waals surface area contributed by atoms with E-state index < -0.39 is 0 Å². The molecule has 1 aromatic carbocycles. The van der Waals surface area contributed by atoms with Crippen LogP contribution in [0.1, 0.15) is 44.0 Å². The lowest BCUT2D eigenvalue weighted by atomic mass is 10.0. The van der Waals surface area contributed by atoms with Crippen LogP contribution >= 0.6 is 11.3 Å². The van der Waals surface area contributed by atoms with Crippen LogP contribution in [0.25, 0.3) is 21.3 Å². The lowest BCUT2D eigenvalue weighted by Crippen LogP contribution is -2.37. The molecule has 3 rings (SSSR count). The quantitative estimate of drug-likeness (QED) is 0.641. The highest BCUT2D eigenvalue weighted by atomic mass is 32.1. The van der Waals surface area contributed by atoms with Crippen LogP contribution < -0.4 is 5.56 Å². The number of hydrogen-bond acceptors (Lipinski definition) is 4. The number of fused-ring (bicyclic) bond motifs is 1. The minimum Gasteiger partial charge on any atom is -0.309 e. The first kappa shape index (κ1) is 19.8. The summed E-state index contributed by atoms with van der Waals surface area (Å²) in [6.07, 6.45) is 0. The zero-order valence-corrected chi connectivity index (χ0v) is 17.9. The Bertz CT molecular complexity index is 985. The van der Waals surface area contributed by atoms with Gasteiger partial charge in [0.05, 0.1) is 11.9 Å². The van der Waals surface area contributed by atoms with E-state index in [1.807, 2.05) is 0 Å². The molecule has 1 N–H and O–H groups in total. The Morgan fingerprint density at radius 3 is 2.41 bits per heavy atom. The maximum atomic E-state index is 12.9. The van der Waals surface area contributed by atoms with Crippen LogP contribution in [0.3, 0.4) is 0 Å². The Hall–Kier alpha value is -1.98. The molecule has 0 bridgehead atoms. The summed E-state index contributed by atoms with van der Waals surface area (Å²) in [4.78, 5) is 25.1. The van der Waals surface area contributed by atoms with E-state index in [4.69, 9.17) is 4.98 Å². The van der Waals surface area contributed by atoms with Crippen molar-refractivity contribution in [3.63, 3.8) is 0 Å². The number of aromatic nitrogens is 2. The largest absolute Gasteiger partial charge is 0.309 e. The summed E-state index contributed by atoms with van der Waals surface area (Å²) in [5.41, 5.74) is 3.26. The topological polar surface area (TPSA) is 49.0 Å². The average Bonchev–Trinajstić information content (AvgIpc) is 2.96. The first-order valence-electron chi connectivity index (χ1n) is 9.65. The molecule has 1 unspecified atom stereocenters. The van der Waals surface area contributed by atoms with Crippen molar-refractivity contribution < 1.29 is 0 Å². The third kappa shape index (κ3) is 3.99. The van der Waals surface area contributed by atoms with Crippen LogP contribution in [-0.4, -0.2) is 27.5 Å². The first-order chi connectivity index (χ1) is 12.8. The molecule has 0 fully saturated rings. The Morgan fingerprint density at radius 1 is 1.15 bits per heavy atom. The van der Waals surface area contributed by atoms with Gasteiger partial charge in [0.25, 0.3) is 5.56 Å². The van der Waals surface area contributed by atoms with Crippen molar-refractivity contribution in [2.45, 2.75) is 54.1 Å². The summed E-state index contributed by atoms with van der Waals surface area (Å²) < 4.78 is 0. The van der Waals surface area contributed by atoms with Gasteiger partial charge in [-0.2, -0.15) is 0 Å². The number of nitrogens with one attached hydrogen (secondary N) is 1. The number of hydrogen-bond donors (Lipinski definition) is 1. The van der Waals surface area contributed by atoms with Crippen molar-refractivity contribution in [1.82, 2.24) is 14.9 Å². The zero-order chi connectivity index (χ0) is 19.7. The van der Waals surface area contributed by atoms with Crippen LogP contribution in [0.4, 0.5) is 0 Å². The van der Waals surface area contributed by atoms with Gasteiger partial charge in [0.2, 0.25) is 0 Å². The number of benzene rings is 1. The van der Waals surface area contributed by atoms with Crippen molar-refractivity contribution in [3.05, 3.63) is 50.9 Å². The van der Waals surface area contributed by atoms with Crippen LogP contribution in [0.15, 0.2) is 29.1 Å². The van der Waals surface area contributed by atoms with E-state index in [1.54, 1.807) is 11.3 Å². The Kier molecular flexibility index (Phi) is 5.82. The summed E-state index contributed by atoms with van der Waals surface area (Å²) in [7, 11) is 0. The molecule has 27 heavy (non-hydrogen) atoms. The second-order valence-corrected chi connectivity index (χ2v) is 8.84. The Labute approximate surface area is 165 Å². The smallest absolute Gasteiger partial charge is 0.260 e. The molecule has 0 spiro atoms. The molecule has 3 aromatic rings. The van der Waals surface area contributed by atoms with E-state index in [0.717, 1.165) is 33.2 Å². The zero-order valence-electron chi connectivity index (χ0n) is 17.1. The van der Waals surface area contributed by atoms with E-state index in [-0.39, 0.29) is 5.56 Å². The van der Waals surface area contributed by atoms with Crippen molar-refractivity contribution >= 4 is 21.6 Å². The molecule has 0 saturated heterocycles. The van der Waals surface area contributed by atoms with Crippen LogP contribution in [0, 0.1) is 19.8 Å². The van der Waals surface area contributed by atoms with Gasteiger partial charge in [-0.1, -0.05) is 50.6 Å². The average molecular weight is 384 g/mol. The lowest BCUT2D eigenvalue weighted by molar-refractivity contribution is 0.165. The lowest BCUT2D eigenvalue weighted by Gasteiger charge is -2.30. The number of H-pyrrole nitrogens is 1. The molecule has 0 aliphatic heterocycles. The summed E-state index contributed by atoms with van der Waals surface area (Å²) in [6.45, 7) is 14.6. The molecular formula is C22H29N3OS. The van der Waals surface area contributed by atoms with E-state index in [9.17, 15) is 4.79 Å². The molecule has 0 amide bonds. The van der Waals surface area contributed by atoms with Gasteiger partial charge in [-0.15, -0.1) is 11.3 Å². The summed E-state index contributed by atoms with van der Waals surface area (Å²) >= 11 is 1.61. The first-order valence-corrected chi connectivity index (χ1v) is 10.5. The normalized spacial score (nSPS) is 13.0. The molecule has 2 aromatic heterocycles. The molecule has 5 heteroatoms. The molecule has 0 aliphatic carbocycles. The van der Waals surface area contributed by atoms with Gasteiger partial charge in [-0.05, 0) is 38.8 Å². The fraction of sp³-hybridized carbons (Fsp3) is 0.455. The highest BCUT2D eigenvalue weighted by Crippen LogP contribution is 2.35. The number of rotatable bonds is 6. The number of nitrogens with zero attached hydrogens (tertiary/aromatic N) is 2. The Balaban J connectivity index is 2.04. The highest BCUT2D eigenvalue weighted by molar-refractivity contribution is 7.19. The van der Waals surface area contributed by atoms with Gasteiger partial charge in [-0.3, -0.25) is 9.69 Å². The van der Waals surface area contributed by atoms with E-state index in [0.29, 0.717) is 23.9 Å². The minimum absolute atomic E-state index is 0.0387. The van der Waals surface area contributed by atoms with Gasteiger partial charge >= 0.3 is 0 Å². The van der Waals surface area contributed by atoms with Gasteiger partial charge in [0, 0.05) is 16.5 Å². The second-order valence-electron chi connectivity index (χ2n) is 7.64. The summed E-state index contributed by atoms with van der Waals surface area (Å²) in [6, 6.07) is 8.77. The number of thiophene rings is 1. The van der Waals surface area contributed by atoms with Crippen molar-refractivity contribution in [1.29, 1.82) is 0 Å². The molecule has 0 aliphatic rings.